The summed E-state index contributed by atoms with van der Waals surface area (Å²) in [6.07, 6.45) is 8.71. The number of ether oxygens (including phenoxy) is 1. The van der Waals surface area contributed by atoms with Gasteiger partial charge < -0.3 is 15.4 Å². The van der Waals surface area contributed by atoms with Crippen molar-refractivity contribution in [3.8, 4) is 0 Å². The molecule has 1 aliphatic heterocycles. The number of hydrogen-bond donors (Lipinski definition) is 2. The summed E-state index contributed by atoms with van der Waals surface area (Å²) < 4.78 is 5.34. The number of halogens is 1. The van der Waals surface area contributed by atoms with E-state index in [-0.39, 0.29) is 23.7 Å². The molecule has 2 fully saturated rings. The molecule has 1 saturated heterocycles. The summed E-state index contributed by atoms with van der Waals surface area (Å²) >= 11 is 1.94. The fourth-order valence-corrected chi connectivity index (χ4v) is 4.27. The van der Waals surface area contributed by atoms with Crippen molar-refractivity contribution in [1.29, 1.82) is 0 Å². The Morgan fingerprint density at radius 2 is 2.10 bits per heavy atom. The van der Waals surface area contributed by atoms with Crippen molar-refractivity contribution in [1.82, 2.24) is 10.6 Å². The molecule has 2 unspecified atom stereocenters. The van der Waals surface area contributed by atoms with E-state index in [2.05, 4.69) is 16.9 Å². The van der Waals surface area contributed by atoms with Crippen LogP contribution in [0.2, 0.25) is 0 Å². The average Bonchev–Trinajstić information content (AvgIpc) is 2.48. The first-order valence-corrected chi connectivity index (χ1v) is 9.02. The predicted octanol–water partition coefficient (Wildman–Crippen LogP) is 2.21. The maximum atomic E-state index is 12.7. The van der Waals surface area contributed by atoms with Crippen molar-refractivity contribution in [3.05, 3.63) is 0 Å². The highest BCUT2D eigenvalue weighted by atomic mass is 35.5. The highest BCUT2D eigenvalue weighted by molar-refractivity contribution is 7.99. The van der Waals surface area contributed by atoms with E-state index < -0.39 is 0 Å². The SMILES string of the molecule is COCC1(C(=O)NC2CCCC(SC)C2)CCNCC1.Cl. The van der Waals surface area contributed by atoms with Gasteiger partial charge >= 0.3 is 0 Å². The van der Waals surface area contributed by atoms with Crippen LogP contribution in [0.5, 0.6) is 0 Å². The van der Waals surface area contributed by atoms with Crippen molar-refractivity contribution in [2.45, 2.75) is 49.8 Å². The first-order valence-electron chi connectivity index (χ1n) is 7.73. The average molecular weight is 337 g/mol. The van der Waals surface area contributed by atoms with Gasteiger partial charge in [0.2, 0.25) is 5.91 Å². The van der Waals surface area contributed by atoms with Crippen LogP contribution in [0.15, 0.2) is 0 Å². The first kappa shape index (κ1) is 19.1. The lowest BCUT2D eigenvalue weighted by molar-refractivity contribution is -0.137. The Hall–Kier alpha value is 0.0300. The molecular formula is C15H29ClN2O2S. The van der Waals surface area contributed by atoms with E-state index in [1.54, 1.807) is 7.11 Å². The van der Waals surface area contributed by atoms with Gasteiger partial charge in [-0.25, -0.2) is 0 Å². The molecule has 2 aliphatic rings. The minimum Gasteiger partial charge on any atom is -0.384 e. The van der Waals surface area contributed by atoms with Crippen molar-refractivity contribution >= 4 is 30.1 Å². The minimum atomic E-state index is -0.313. The predicted molar refractivity (Wildman–Crippen MR) is 91.4 cm³/mol. The van der Waals surface area contributed by atoms with E-state index in [1.807, 2.05) is 11.8 Å². The van der Waals surface area contributed by atoms with Crippen LogP contribution < -0.4 is 10.6 Å². The van der Waals surface area contributed by atoms with E-state index >= 15 is 0 Å². The molecule has 2 rings (SSSR count). The van der Waals surface area contributed by atoms with Crippen LogP contribution in [-0.4, -0.2) is 50.3 Å². The van der Waals surface area contributed by atoms with Crippen LogP contribution in [0.3, 0.4) is 0 Å². The fourth-order valence-electron chi connectivity index (χ4n) is 3.45. The molecule has 1 aliphatic carbocycles. The molecule has 0 radical (unpaired) electrons. The highest BCUT2D eigenvalue weighted by Crippen LogP contribution is 2.32. The molecule has 2 atom stereocenters. The van der Waals surface area contributed by atoms with Crippen molar-refractivity contribution < 1.29 is 9.53 Å². The molecule has 0 aromatic rings. The number of rotatable bonds is 5. The van der Waals surface area contributed by atoms with Gasteiger partial charge in [0, 0.05) is 18.4 Å². The fraction of sp³-hybridized carbons (Fsp3) is 0.933. The first-order chi connectivity index (χ1) is 9.70. The van der Waals surface area contributed by atoms with Crippen LogP contribution >= 0.6 is 24.2 Å². The van der Waals surface area contributed by atoms with Crippen molar-refractivity contribution in [3.63, 3.8) is 0 Å². The summed E-state index contributed by atoms with van der Waals surface area (Å²) in [5.41, 5.74) is -0.313. The number of methoxy groups -OCH3 is 1. The molecule has 0 aromatic heterocycles. The molecule has 1 saturated carbocycles. The zero-order valence-electron chi connectivity index (χ0n) is 13.2. The van der Waals surface area contributed by atoms with Gasteiger partial charge in [-0.1, -0.05) is 6.42 Å². The zero-order valence-corrected chi connectivity index (χ0v) is 14.8. The van der Waals surface area contributed by atoms with E-state index in [0.29, 0.717) is 17.9 Å². The van der Waals surface area contributed by atoms with Crippen molar-refractivity contribution in [2.75, 3.05) is 33.1 Å². The Morgan fingerprint density at radius 1 is 1.38 bits per heavy atom. The molecule has 1 heterocycles. The molecule has 0 aromatic carbocycles. The van der Waals surface area contributed by atoms with Crippen LogP contribution in [0, 0.1) is 5.41 Å². The van der Waals surface area contributed by atoms with Crippen LogP contribution in [0.4, 0.5) is 0 Å². The van der Waals surface area contributed by atoms with Crippen LogP contribution in [0.1, 0.15) is 38.5 Å². The van der Waals surface area contributed by atoms with E-state index in [1.165, 1.54) is 12.8 Å². The molecule has 0 bridgehead atoms. The van der Waals surface area contributed by atoms with Gasteiger partial charge in [-0.2, -0.15) is 11.8 Å². The summed E-state index contributed by atoms with van der Waals surface area (Å²) in [5.74, 6) is 0.215. The lowest BCUT2D eigenvalue weighted by Gasteiger charge is -2.38. The van der Waals surface area contributed by atoms with E-state index in [9.17, 15) is 4.79 Å². The largest absolute Gasteiger partial charge is 0.384 e. The molecule has 21 heavy (non-hydrogen) atoms. The molecule has 124 valence electrons. The summed E-state index contributed by atoms with van der Waals surface area (Å²) in [7, 11) is 1.70. The molecule has 6 heteroatoms. The topological polar surface area (TPSA) is 50.4 Å². The maximum Gasteiger partial charge on any atom is 0.228 e. The molecular weight excluding hydrogens is 308 g/mol. The number of carbonyl (C=O) groups excluding carboxylic acids is 1. The van der Waals surface area contributed by atoms with Gasteiger partial charge in [-0.15, -0.1) is 12.4 Å². The second-order valence-corrected chi connectivity index (χ2v) is 7.30. The van der Waals surface area contributed by atoms with E-state index in [0.717, 1.165) is 38.8 Å². The van der Waals surface area contributed by atoms with Crippen molar-refractivity contribution in [2.24, 2.45) is 5.41 Å². The second kappa shape index (κ2) is 9.23. The highest BCUT2D eigenvalue weighted by Gasteiger charge is 2.40. The van der Waals surface area contributed by atoms with Gasteiger partial charge in [0.1, 0.15) is 0 Å². The number of amides is 1. The molecule has 1 amide bonds. The lowest BCUT2D eigenvalue weighted by atomic mass is 9.78. The third-order valence-corrected chi connectivity index (χ3v) is 5.85. The summed E-state index contributed by atoms with van der Waals surface area (Å²) in [6, 6.07) is 0.359. The Bertz CT molecular complexity index is 319. The third kappa shape index (κ3) is 5.02. The van der Waals surface area contributed by atoms with Crippen LogP contribution in [-0.2, 0) is 9.53 Å². The Balaban J connectivity index is 0.00000220. The number of carbonyl (C=O) groups is 1. The number of piperidine rings is 1. The van der Waals surface area contributed by atoms with Gasteiger partial charge in [-0.3, -0.25) is 4.79 Å². The minimum absolute atomic E-state index is 0. The van der Waals surface area contributed by atoms with Crippen LogP contribution in [0.25, 0.3) is 0 Å². The Morgan fingerprint density at radius 3 is 2.71 bits per heavy atom. The Labute approximate surface area is 138 Å². The van der Waals surface area contributed by atoms with Gasteiger partial charge in [-0.05, 0) is 51.4 Å². The summed E-state index contributed by atoms with van der Waals surface area (Å²) in [5, 5.41) is 7.36. The standard InChI is InChI=1S/C15H28N2O2S.ClH/c1-19-11-15(6-8-16-9-7-15)14(18)17-12-4-3-5-13(10-12)20-2;/h12-13,16H,3-11H2,1-2H3,(H,17,18);1H. The summed E-state index contributed by atoms with van der Waals surface area (Å²) in [4.78, 5) is 12.7. The number of hydrogen-bond acceptors (Lipinski definition) is 4. The molecule has 4 nitrogen and oxygen atoms in total. The number of nitrogens with one attached hydrogen (secondary N) is 2. The summed E-state index contributed by atoms with van der Waals surface area (Å²) in [6.45, 7) is 2.36. The maximum absolute atomic E-state index is 12.7. The molecule has 2 N–H and O–H groups in total. The quantitative estimate of drug-likeness (QED) is 0.808. The normalized spacial score (nSPS) is 28.5. The smallest absolute Gasteiger partial charge is 0.228 e. The second-order valence-electron chi connectivity index (χ2n) is 6.16. The van der Waals surface area contributed by atoms with E-state index in [4.69, 9.17) is 4.74 Å². The van der Waals surface area contributed by atoms with Gasteiger partial charge in [0.25, 0.3) is 0 Å². The monoisotopic (exact) mass is 336 g/mol. The lowest BCUT2D eigenvalue weighted by Crippen LogP contribution is -2.53. The Kier molecular flexibility index (Phi) is 8.39. The van der Waals surface area contributed by atoms with Gasteiger partial charge in [0.05, 0.1) is 12.0 Å². The molecule has 0 spiro atoms. The zero-order chi connectivity index (χ0) is 14.4. The third-order valence-electron chi connectivity index (χ3n) is 4.76. The van der Waals surface area contributed by atoms with Gasteiger partial charge in [0.15, 0.2) is 0 Å². The number of thioether (sulfide) groups is 1.